The predicted octanol–water partition coefficient (Wildman–Crippen LogP) is 2.53. The normalized spacial score (nSPS) is 12.5. The van der Waals surface area contributed by atoms with Crippen LogP contribution in [0.15, 0.2) is 18.2 Å². The van der Waals surface area contributed by atoms with Crippen LogP contribution in [0.5, 0.6) is 5.75 Å². The van der Waals surface area contributed by atoms with E-state index in [1.165, 1.54) is 6.07 Å². The quantitative estimate of drug-likeness (QED) is 0.769. The molecule has 0 atom stereocenters. The maximum Gasteiger partial charge on any atom is 0.339 e. The second-order valence-corrected chi connectivity index (χ2v) is 5.88. The molecule has 4 heteroatoms. The Bertz CT molecular complexity index is 455. The Labute approximate surface area is 107 Å². The lowest BCUT2D eigenvalue weighted by Crippen LogP contribution is -2.32. The van der Waals surface area contributed by atoms with E-state index in [9.17, 15) is 20.1 Å². The van der Waals surface area contributed by atoms with Crippen molar-refractivity contribution < 1.29 is 20.1 Å². The second-order valence-electron chi connectivity index (χ2n) is 5.88. The number of carboxylic acid groups (broad SMARTS) is 1. The number of phenols is 1. The lowest BCUT2D eigenvalue weighted by Gasteiger charge is -2.33. The highest BCUT2D eigenvalue weighted by molar-refractivity contribution is 5.93. The molecule has 0 unspecified atom stereocenters. The van der Waals surface area contributed by atoms with Gasteiger partial charge in [0, 0.05) is 0 Å². The molecular weight excluding hydrogens is 232 g/mol. The fraction of sp³-hybridized carbons (Fsp3) is 0.500. The van der Waals surface area contributed by atoms with E-state index >= 15 is 0 Å². The molecule has 0 saturated heterocycles. The van der Waals surface area contributed by atoms with Gasteiger partial charge in [-0.25, -0.2) is 4.79 Å². The Morgan fingerprint density at radius 1 is 1.22 bits per heavy atom. The first-order chi connectivity index (χ1) is 8.04. The van der Waals surface area contributed by atoms with Crippen molar-refractivity contribution in [3.63, 3.8) is 0 Å². The molecule has 1 rings (SSSR count). The average Bonchev–Trinajstić information content (AvgIpc) is 2.12. The number of aromatic hydroxyl groups is 1. The van der Waals surface area contributed by atoms with Crippen molar-refractivity contribution in [1.29, 1.82) is 0 Å². The minimum Gasteiger partial charge on any atom is -0.507 e. The Morgan fingerprint density at radius 2 is 1.78 bits per heavy atom. The number of carbonyl (C=O) groups is 1. The molecule has 0 amide bonds. The van der Waals surface area contributed by atoms with E-state index in [1.807, 2.05) is 13.8 Å². The molecular formula is C14H20O4. The van der Waals surface area contributed by atoms with Gasteiger partial charge in [0.25, 0.3) is 0 Å². The molecule has 0 bridgehead atoms. The molecule has 1 aromatic carbocycles. The van der Waals surface area contributed by atoms with Gasteiger partial charge in [-0.15, -0.1) is 0 Å². The first-order valence-corrected chi connectivity index (χ1v) is 5.83. The molecule has 0 radical (unpaired) electrons. The van der Waals surface area contributed by atoms with Crippen molar-refractivity contribution in [2.45, 2.75) is 45.1 Å². The van der Waals surface area contributed by atoms with Crippen LogP contribution in [-0.4, -0.2) is 26.9 Å². The molecule has 0 fully saturated rings. The molecule has 0 aliphatic rings. The second kappa shape index (κ2) is 4.61. The molecule has 1 aromatic rings. The first kappa shape index (κ1) is 14.5. The summed E-state index contributed by atoms with van der Waals surface area (Å²) in [5, 5.41) is 28.8. The lowest BCUT2D eigenvalue weighted by atomic mass is 9.74. The smallest absolute Gasteiger partial charge is 0.339 e. The summed E-state index contributed by atoms with van der Waals surface area (Å²) in [6, 6.07) is 4.64. The Hall–Kier alpha value is -1.55. The average molecular weight is 252 g/mol. The summed E-state index contributed by atoms with van der Waals surface area (Å²) in [5.74, 6) is -1.41. The summed E-state index contributed by atoms with van der Waals surface area (Å²) in [6.45, 7) is 7.06. The number of aromatic carboxylic acids is 1. The zero-order chi connectivity index (χ0) is 14.1. The van der Waals surface area contributed by atoms with Crippen LogP contribution in [0.2, 0.25) is 0 Å². The van der Waals surface area contributed by atoms with Crippen LogP contribution in [0.4, 0.5) is 0 Å². The topological polar surface area (TPSA) is 77.8 Å². The van der Waals surface area contributed by atoms with Gasteiger partial charge in [0.15, 0.2) is 0 Å². The summed E-state index contributed by atoms with van der Waals surface area (Å²) in [5.41, 5.74) is -1.03. The SMILES string of the molecule is CC(C)(O)CC(C)(C)c1cccc(O)c1C(=O)O. The third-order valence-corrected chi connectivity index (χ3v) is 2.86. The zero-order valence-corrected chi connectivity index (χ0v) is 11.2. The molecule has 0 spiro atoms. The molecule has 100 valence electrons. The predicted molar refractivity (Wildman–Crippen MR) is 69.0 cm³/mol. The van der Waals surface area contributed by atoms with Crippen molar-refractivity contribution in [1.82, 2.24) is 0 Å². The van der Waals surface area contributed by atoms with Crippen LogP contribution in [0.25, 0.3) is 0 Å². The number of carboxylic acids is 1. The van der Waals surface area contributed by atoms with Crippen LogP contribution in [0, 0.1) is 0 Å². The van der Waals surface area contributed by atoms with Gasteiger partial charge in [0.2, 0.25) is 0 Å². The molecule has 0 saturated carbocycles. The van der Waals surface area contributed by atoms with E-state index in [0.717, 1.165) is 0 Å². The Kier molecular flexibility index (Phi) is 3.72. The van der Waals surface area contributed by atoms with Gasteiger partial charge in [-0.1, -0.05) is 26.0 Å². The van der Waals surface area contributed by atoms with E-state index in [0.29, 0.717) is 12.0 Å². The molecule has 3 N–H and O–H groups in total. The molecule has 0 aliphatic heterocycles. The van der Waals surface area contributed by atoms with Gasteiger partial charge in [-0.3, -0.25) is 0 Å². The highest BCUT2D eigenvalue weighted by Gasteiger charge is 2.32. The lowest BCUT2D eigenvalue weighted by molar-refractivity contribution is 0.0489. The number of benzene rings is 1. The maximum absolute atomic E-state index is 11.2. The van der Waals surface area contributed by atoms with Crippen molar-refractivity contribution >= 4 is 5.97 Å². The first-order valence-electron chi connectivity index (χ1n) is 5.83. The summed E-state index contributed by atoms with van der Waals surface area (Å²) in [7, 11) is 0. The molecule has 0 aromatic heterocycles. The van der Waals surface area contributed by atoms with Crippen LogP contribution in [0.3, 0.4) is 0 Å². The summed E-state index contributed by atoms with van der Waals surface area (Å²) < 4.78 is 0. The van der Waals surface area contributed by atoms with Crippen LogP contribution >= 0.6 is 0 Å². The molecule has 0 heterocycles. The van der Waals surface area contributed by atoms with E-state index < -0.39 is 17.0 Å². The van der Waals surface area contributed by atoms with Gasteiger partial charge in [0.05, 0.1) is 5.60 Å². The van der Waals surface area contributed by atoms with E-state index in [1.54, 1.807) is 26.0 Å². The number of hydrogen-bond acceptors (Lipinski definition) is 3. The van der Waals surface area contributed by atoms with Gasteiger partial charge >= 0.3 is 5.97 Å². The maximum atomic E-state index is 11.2. The van der Waals surface area contributed by atoms with Crippen molar-refractivity contribution in [2.75, 3.05) is 0 Å². The van der Waals surface area contributed by atoms with E-state index in [4.69, 9.17) is 0 Å². The van der Waals surface area contributed by atoms with Gasteiger partial charge in [0.1, 0.15) is 11.3 Å². The number of hydrogen-bond donors (Lipinski definition) is 3. The van der Waals surface area contributed by atoms with Crippen LogP contribution in [-0.2, 0) is 5.41 Å². The standard InChI is InChI=1S/C14H20O4/c1-13(2,8-14(3,4)18)9-6-5-7-10(15)11(9)12(16)17/h5-7,15,18H,8H2,1-4H3,(H,16,17). The third-order valence-electron chi connectivity index (χ3n) is 2.86. The monoisotopic (exact) mass is 252 g/mol. The summed E-state index contributed by atoms with van der Waals surface area (Å²) >= 11 is 0. The zero-order valence-electron chi connectivity index (χ0n) is 11.2. The van der Waals surface area contributed by atoms with Crippen molar-refractivity contribution in [3.05, 3.63) is 29.3 Å². The Balaban J connectivity index is 3.32. The highest BCUT2D eigenvalue weighted by Crippen LogP contribution is 2.36. The number of aliphatic hydroxyl groups is 1. The van der Waals surface area contributed by atoms with E-state index in [-0.39, 0.29) is 11.3 Å². The van der Waals surface area contributed by atoms with Crippen LogP contribution in [0.1, 0.15) is 50.0 Å². The van der Waals surface area contributed by atoms with Gasteiger partial charge in [-0.2, -0.15) is 0 Å². The molecule has 18 heavy (non-hydrogen) atoms. The van der Waals surface area contributed by atoms with Crippen LogP contribution < -0.4 is 0 Å². The van der Waals surface area contributed by atoms with Crippen molar-refractivity contribution in [3.8, 4) is 5.75 Å². The fourth-order valence-electron chi connectivity index (χ4n) is 2.51. The number of rotatable bonds is 4. The Morgan fingerprint density at radius 3 is 2.22 bits per heavy atom. The minimum atomic E-state index is -1.16. The third kappa shape index (κ3) is 3.23. The van der Waals surface area contributed by atoms with Gasteiger partial charge < -0.3 is 15.3 Å². The highest BCUT2D eigenvalue weighted by atomic mass is 16.4. The summed E-state index contributed by atoms with van der Waals surface area (Å²) in [4.78, 5) is 11.2. The van der Waals surface area contributed by atoms with Crippen molar-refractivity contribution in [2.24, 2.45) is 0 Å². The largest absolute Gasteiger partial charge is 0.507 e. The van der Waals surface area contributed by atoms with E-state index in [2.05, 4.69) is 0 Å². The fourth-order valence-corrected chi connectivity index (χ4v) is 2.51. The molecule has 0 aliphatic carbocycles. The summed E-state index contributed by atoms with van der Waals surface area (Å²) in [6.07, 6.45) is 0.393. The minimum absolute atomic E-state index is 0.0910. The molecule has 4 nitrogen and oxygen atoms in total. The van der Waals surface area contributed by atoms with Gasteiger partial charge in [-0.05, 0) is 37.3 Å².